The Morgan fingerprint density at radius 3 is 2.61 bits per heavy atom. The molecule has 0 spiro atoms. The number of oxazole rings is 1. The quantitative estimate of drug-likeness (QED) is 0.695. The zero-order chi connectivity index (χ0) is 18.9. The van der Waals surface area contributed by atoms with Crippen LogP contribution in [0.25, 0.3) is 11.1 Å². The Labute approximate surface area is 164 Å². The first-order valence-corrected chi connectivity index (χ1v) is 10.1. The van der Waals surface area contributed by atoms with E-state index in [0.717, 1.165) is 80.2 Å². The van der Waals surface area contributed by atoms with Crippen molar-refractivity contribution in [2.45, 2.75) is 31.6 Å². The van der Waals surface area contributed by atoms with Gasteiger partial charge in [0.15, 0.2) is 11.5 Å². The second kappa shape index (κ2) is 7.26. The van der Waals surface area contributed by atoms with Crippen molar-refractivity contribution in [3.05, 3.63) is 54.0 Å². The number of piperidine rings is 1. The van der Waals surface area contributed by atoms with E-state index >= 15 is 0 Å². The summed E-state index contributed by atoms with van der Waals surface area (Å²) < 4.78 is 5.96. The molecule has 2 fully saturated rings. The Morgan fingerprint density at radius 1 is 1.04 bits per heavy atom. The van der Waals surface area contributed by atoms with Gasteiger partial charge in [-0.25, -0.2) is 9.97 Å². The van der Waals surface area contributed by atoms with Gasteiger partial charge in [0.25, 0.3) is 5.91 Å². The van der Waals surface area contributed by atoms with Crippen LogP contribution in [0.5, 0.6) is 0 Å². The highest BCUT2D eigenvalue weighted by atomic mass is 16.3. The minimum Gasteiger partial charge on any atom is -0.440 e. The lowest BCUT2D eigenvalue weighted by atomic mass is 9.96. The number of pyridine rings is 1. The van der Waals surface area contributed by atoms with Gasteiger partial charge in [-0.15, -0.1) is 0 Å². The molecule has 5 rings (SSSR count). The molecule has 0 saturated carbocycles. The highest BCUT2D eigenvalue weighted by molar-refractivity contribution is 5.95. The van der Waals surface area contributed by atoms with Crippen LogP contribution in [0.3, 0.4) is 0 Å². The summed E-state index contributed by atoms with van der Waals surface area (Å²) in [5.41, 5.74) is 2.53. The normalized spacial score (nSPS) is 18.1. The number of carbonyl (C=O) groups excluding carboxylic acids is 1. The molecule has 4 heterocycles. The molecule has 0 atom stereocenters. The van der Waals surface area contributed by atoms with Crippen LogP contribution < -0.4 is 4.90 Å². The van der Waals surface area contributed by atoms with Crippen molar-refractivity contribution in [1.82, 2.24) is 14.9 Å². The highest BCUT2D eigenvalue weighted by Gasteiger charge is 2.26. The SMILES string of the molecule is O=C(c1ccnc(N2CCC(c3nc4ccccc4o3)CC2)c1)N1CCCC1. The summed E-state index contributed by atoms with van der Waals surface area (Å²) in [4.78, 5) is 26.1. The minimum atomic E-state index is 0.127. The van der Waals surface area contributed by atoms with E-state index in [4.69, 9.17) is 4.42 Å². The van der Waals surface area contributed by atoms with Crippen LogP contribution in [-0.2, 0) is 0 Å². The Hall–Kier alpha value is -2.89. The number of anilines is 1. The number of likely N-dealkylation sites (tertiary alicyclic amines) is 1. The fourth-order valence-electron chi connectivity index (χ4n) is 4.25. The number of para-hydroxylation sites is 2. The van der Waals surface area contributed by atoms with Crippen LogP contribution in [0, 0.1) is 0 Å². The molecule has 1 aromatic carbocycles. The van der Waals surface area contributed by atoms with Crippen molar-refractivity contribution in [3.63, 3.8) is 0 Å². The van der Waals surface area contributed by atoms with Gasteiger partial charge in [-0.2, -0.15) is 0 Å². The number of hydrogen-bond acceptors (Lipinski definition) is 5. The molecule has 28 heavy (non-hydrogen) atoms. The summed E-state index contributed by atoms with van der Waals surface area (Å²) in [6.45, 7) is 3.51. The van der Waals surface area contributed by atoms with E-state index in [0.29, 0.717) is 5.92 Å². The van der Waals surface area contributed by atoms with Gasteiger partial charge < -0.3 is 14.2 Å². The van der Waals surface area contributed by atoms with E-state index in [1.54, 1.807) is 6.20 Å². The molecule has 1 amide bonds. The third-order valence-electron chi connectivity index (χ3n) is 5.86. The van der Waals surface area contributed by atoms with Gasteiger partial charge in [0.05, 0.1) is 0 Å². The van der Waals surface area contributed by atoms with Crippen molar-refractivity contribution in [3.8, 4) is 0 Å². The predicted molar refractivity (Wildman–Crippen MR) is 108 cm³/mol. The molecule has 6 heteroatoms. The zero-order valence-corrected chi connectivity index (χ0v) is 15.9. The third kappa shape index (κ3) is 3.23. The summed E-state index contributed by atoms with van der Waals surface area (Å²) in [6, 6.07) is 11.7. The summed E-state index contributed by atoms with van der Waals surface area (Å²) in [5.74, 6) is 2.19. The molecule has 0 radical (unpaired) electrons. The molecule has 0 unspecified atom stereocenters. The lowest BCUT2D eigenvalue weighted by Gasteiger charge is -2.31. The van der Waals surface area contributed by atoms with Gasteiger partial charge >= 0.3 is 0 Å². The van der Waals surface area contributed by atoms with Crippen LogP contribution >= 0.6 is 0 Å². The first-order chi connectivity index (χ1) is 13.8. The molecular formula is C22H24N4O2. The van der Waals surface area contributed by atoms with Crippen molar-refractivity contribution >= 4 is 22.8 Å². The van der Waals surface area contributed by atoms with Gasteiger partial charge in [-0.1, -0.05) is 12.1 Å². The zero-order valence-electron chi connectivity index (χ0n) is 15.9. The minimum absolute atomic E-state index is 0.127. The summed E-state index contributed by atoms with van der Waals surface area (Å²) in [7, 11) is 0. The standard InChI is InChI=1S/C22H24N4O2/c27-22(26-11-3-4-12-26)17-7-10-23-20(15-17)25-13-8-16(9-14-25)21-24-18-5-1-2-6-19(18)28-21/h1-2,5-7,10,15-16H,3-4,8-9,11-14H2. The second-order valence-corrected chi connectivity index (χ2v) is 7.68. The maximum atomic E-state index is 12.7. The first-order valence-electron chi connectivity index (χ1n) is 10.1. The molecule has 0 bridgehead atoms. The van der Waals surface area contributed by atoms with Gasteiger partial charge in [0.2, 0.25) is 0 Å². The second-order valence-electron chi connectivity index (χ2n) is 7.68. The summed E-state index contributed by atoms with van der Waals surface area (Å²) in [5, 5.41) is 0. The van der Waals surface area contributed by atoms with Gasteiger partial charge in [0, 0.05) is 43.9 Å². The Balaban J connectivity index is 1.27. The van der Waals surface area contributed by atoms with Crippen LogP contribution in [0.1, 0.15) is 47.8 Å². The molecule has 2 aliphatic heterocycles. The van der Waals surface area contributed by atoms with E-state index in [2.05, 4.69) is 14.9 Å². The van der Waals surface area contributed by atoms with Gasteiger partial charge in [0.1, 0.15) is 11.3 Å². The molecule has 144 valence electrons. The van der Waals surface area contributed by atoms with Crippen molar-refractivity contribution in [2.75, 3.05) is 31.1 Å². The monoisotopic (exact) mass is 376 g/mol. The number of benzene rings is 1. The lowest BCUT2D eigenvalue weighted by Crippen LogP contribution is -2.34. The Bertz CT molecular complexity index is 952. The van der Waals surface area contributed by atoms with Gasteiger partial charge in [-0.3, -0.25) is 4.79 Å². The van der Waals surface area contributed by atoms with Gasteiger partial charge in [-0.05, 0) is 49.9 Å². The van der Waals surface area contributed by atoms with E-state index < -0.39 is 0 Å². The molecule has 0 aliphatic carbocycles. The fraction of sp³-hybridized carbons (Fsp3) is 0.409. The maximum Gasteiger partial charge on any atom is 0.254 e. The van der Waals surface area contributed by atoms with E-state index in [1.165, 1.54) is 0 Å². The average molecular weight is 376 g/mol. The molecule has 3 aromatic rings. The number of aromatic nitrogens is 2. The summed E-state index contributed by atoms with van der Waals surface area (Å²) in [6.07, 6.45) is 5.91. The van der Waals surface area contributed by atoms with E-state index in [9.17, 15) is 4.79 Å². The van der Waals surface area contributed by atoms with Crippen molar-refractivity contribution in [1.29, 1.82) is 0 Å². The Kier molecular flexibility index (Phi) is 4.47. The topological polar surface area (TPSA) is 62.5 Å². The predicted octanol–water partition coefficient (Wildman–Crippen LogP) is 3.84. The molecular weight excluding hydrogens is 352 g/mol. The van der Waals surface area contributed by atoms with Crippen LogP contribution in [0.15, 0.2) is 47.0 Å². The number of carbonyl (C=O) groups is 1. The van der Waals surface area contributed by atoms with Crippen molar-refractivity contribution < 1.29 is 9.21 Å². The fourth-order valence-corrected chi connectivity index (χ4v) is 4.25. The largest absolute Gasteiger partial charge is 0.440 e. The maximum absolute atomic E-state index is 12.7. The first kappa shape index (κ1) is 17.2. The number of rotatable bonds is 3. The number of nitrogens with zero attached hydrogens (tertiary/aromatic N) is 4. The lowest BCUT2D eigenvalue weighted by molar-refractivity contribution is 0.0792. The molecule has 2 aromatic heterocycles. The van der Waals surface area contributed by atoms with Crippen molar-refractivity contribution in [2.24, 2.45) is 0 Å². The van der Waals surface area contributed by atoms with Crippen LogP contribution in [0.2, 0.25) is 0 Å². The third-order valence-corrected chi connectivity index (χ3v) is 5.86. The number of amides is 1. The molecule has 2 aliphatic rings. The van der Waals surface area contributed by atoms with Crippen LogP contribution in [-0.4, -0.2) is 47.0 Å². The van der Waals surface area contributed by atoms with E-state index in [1.807, 2.05) is 41.3 Å². The molecule has 0 N–H and O–H groups in total. The molecule has 6 nitrogen and oxygen atoms in total. The Morgan fingerprint density at radius 2 is 1.82 bits per heavy atom. The highest BCUT2D eigenvalue weighted by Crippen LogP contribution is 2.31. The number of hydrogen-bond donors (Lipinski definition) is 0. The number of fused-ring (bicyclic) bond motifs is 1. The smallest absolute Gasteiger partial charge is 0.254 e. The average Bonchev–Trinajstić information content (AvgIpc) is 3.43. The molecule has 2 saturated heterocycles. The summed E-state index contributed by atoms with van der Waals surface area (Å²) >= 11 is 0. The van der Waals surface area contributed by atoms with Crippen LogP contribution in [0.4, 0.5) is 5.82 Å². The van der Waals surface area contributed by atoms with E-state index in [-0.39, 0.29) is 5.91 Å².